The van der Waals surface area contributed by atoms with E-state index in [4.69, 9.17) is 5.73 Å². The third kappa shape index (κ3) is 3.08. The van der Waals surface area contributed by atoms with E-state index in [-0.39, 0.29) is 23.3 Å². The van der Waals surface area contributed by atoms with Gasteiger partial charge in [-0.1, -0.05) is 12.8 Å². The second kappa shape index (κ2) is 5.90. The first-order chi connectivity index (χ1) is 9.07. The lowest BCUT2D eigenvalue weighted by Gasteiger charge is -2.38. The second-order valence-corrected chi connectivity index (χ2v) is 5.98. The number of hydrogen-bond acceptors (Lipinski definition) is 3. The van der Waals surface area contributed by atoms with Crippen LogP contribution in [0.15, 0.2) is 0 Å². The molecule has 0 spiro atoms. The van der Waals surface area contributed by atoms with Crippen LogP contribution in [0, 0.1) is 5.41 Å². The molecule has 0 bridgehead atoms. The van der Waals surface area contributed by atoms with E-state index in [1.165, 1.54) is 6.92 Å². The van der Waals surface area contributed by atoms with Crippen molar-refractivity contribution in [2.75, 3.05) is 19.6 Å². The van der Waals surface area contributed by atoms with E-state index >= 15 is 0 Å². The van der Waals surface area contributed by atoms with Gasteiger partial charge in [-0.3, -0.25) is 9.59 Å². The van der Waals surface area contributed by atoms with Gasteiger partial charge in [0.2, 0.25) is 11.8 Å². The summed E-state index contributed by atoms with van der Waals surface area (Å²) in [4.78, 5) is 25.8. The summed E-state index contributed by atoms with van der Waals surface area (Å²) >= 11 is 0. The molecule has 19 heavy (non-hydrogen) atoms. The highest BCUT2D eigenvalue weighted by molar-refractivity contribution is 5.83. The Morgan fingerprint density at radius 3 is 2.58 bits per heavy atom. The molecule has 0 unspecified atom stereocenters. The number of carbonyl (C=O) groups excluding carboxylic acids is 2. The van der Waals surface area contributed by atoms with Crippen LogP contribution in [0.3, 0.4) is 0 Å². The number of piperidine rings is 1. The van der Waals surface area contributed by atoms with Gasteiger partial charge in [0.1, 0.15) is 0 Å². The van der Waals surface area contributed by atoms with Gasteiger partial charge in [0.15, 0.2) is 0 Å². The number of nitrogens with one attached hydrogen (secondary N) is 1. The summed E-state index contributed by atoms with van der Waals surface area (Å²) in [7, 11) is 0. The van der Waals surface area contributed by atoms with E-state index in [9.17, 15) is 9.59 Å². The molecule has 2 rings (SSSR count). The minimum atomic E-state index is -0.321. The number of rotatable bonds is 3. The maximum atomic E-state index is 12.7. The number of nitrogens with zero attached hydrogens (tertiary/aromatic N) is 1. The Morgan fingerprint density at radius 2 is 2.00 bits per heavy atom. The maximum Gasteiger partial charge on any atom is 0.230 e. The van der Waals surface area contributed by atoms with Crippen LogP contribution < -0.4 is 11.1 Å². The molecule has 3 N–H and O–H groups in total. The smallest absolute Gasteiger partial charge is 0.230 e. The molecular weight excluding hydrogens is 242 g/mol. The molecule has 0 radical (unpaired) electrons. The van der Waals surface area contributed by atoms with Crippen molar-refractivity contribution in [3.05, 3.63) is 0 Å². The Bertz CT molecular complexity index is 351. The molecular formula is C14H25N3O2. The average molecular weight is 267 g/mol. The van der Waals surface area contributed by atoms with Gasteiger partial charge in [0.25, 0.3) is 0 Å². The van der Waals surface area contributed by atoms with Crippen molar-refractivity contribution in [3.8, 4) is 0 Å². The number of nitrogens with two attached hydrogens (primary N) is 1. The third-order valence-corrected chi connectivity index (χ3v) is 4.52. The van der Waals surface area contributed by atoms with Gasteiger partial charge >= 0.3 is 0 Å². The van der Waals surface area contributed by atoms with Crippen LogP contribution in [0.4, 0.5) is 0 Å². The van der Waals surface area contributed by atoms with Crippen molar-refractivity contribution in [1.82, 2.24) is 10.2 Å². The molecule has 1 aliphatic carbocycles. The van der Waals surface area contributed by atoms with Crippen molar-refractivity contribution in [2.24, 2.45) is 11.1 Å². The molecule has 5 heteroatoms. The topological polar surface area (TPSA) is 75.4 Å². The summed E-state index contributed by atoms with van der Waals surface area (Å²) in [5.41, 5.74) is 5.55. The Hall–Kier alpha value is -1.10. The molecule has 0 aromatic carbocycles. The molecule has 2 amide bonds. The summed E-state index contributed by atoms with van der Waals surface area (Å²) in [5.74, 6) is 0.191. The summed E-state index contributed by atoms with van der Waals surface area (Å²) < 4.78 is 0. The molecule has 0 aromatic heterocycles. The van der Waals surface area contributed by atoms with Crippen LogP contribution in [0.5, 0.6) is 0 Å². The summed E-state index contributed by atoms with van der Waals surface area (Å²) in [6.45, 7) is 3.42. The predicted octanol–water partition coefficient (Wildman–Crippen LogP) is 0.633. The number of likely N-dealkylation sites (tertiary alicyclic amines) is 1. The fraction of sp³-hybridized carbons (Fsp3) is 0.857. The van der Waals surface area contributed by atoms with Gasteiger partial charge in [-0.25, -0.2) is 0 Å². The van der Waals surface area contributed by atoms with E-state index in [0.717, 1.165) is 45.1 Å². The van der Waals surface area contributed by atoms with E-state index in [1.807, 2.05) is 4.90 Å². The summed E-state index contributed by atoms with van der Waals surface area (Å²) in [6.07, 6.45) is 5.96. The quantitative estimate of drug-likeness (QED) is 0.787. The Kier molecular flexibility index (Phi) is 4.45. The van der Waals surface area contributed by atoms with Crippen molar-refractivity contribution in [3.63, 3.8) is 0 Å². The molecule has 5 nitrogen and oxygen atoms in total. The van der Waals surface area contributed by atoms with E-state index in [2.05, 4.69) is 5.32 Å². The zero-order chi connectivity index (χ0) is 13.9. The van der Waals surface area contributed by atoms with Crippen molar-refractivity contribution < 1.29 is 9.59 Å². The maximum absolute atomic E-state index is 12.7. The van der Waals surface area contributed by atoms with Crippen LogP contribution in [0.25, 0.3) is 0 Å². The average Bonchev–Trinajstić information content (AvgIpc) is 2.87. The fourth-order valence-electron chi connectivity index (χ4n) is 3.46. The highest BCUT2D eigenvalue weighted by atomic mass is 16.2. The molecule has 2 aliphatic rings. The minimum Gasteiger partial charge on any atom is -0.352 e. The molecule has 2 fully saturated rings. The van der Waals surface area contributed by atoms with Crippen LogP contribution >= 0.6 is 0 Å². The number of carbonyl (C=O) groups is 2. The van der Waals surface area contributed by atoms with Crippen LogP contribution in [-0.2, 0) is 9.59 Å². The molecule has 1 aliphatic heterocycles. The summed E-state index contributed by atoms with van der Waals surface area (Å²) in [6, 6.07) is 0.103. The first-order valence-corrected chi connectivity index (χ1v) is 7.34. The lowest BCUT2D eigenvalue weighted by Crippen LogP contribution is -2.54. The van der Waals surface area contributed by atoms with E-state index < -0.39 is 0 Å². The normalized spacial score (nSPS) is 26.2. The minimum absolute atomic E-state index is 0.0197. The standard InChI is InChI=1S/C14H25N3O2/c1-11(18)16-12-5-4-8-17(9-12)13(19)14(10-15)6-2-3-7-14/h12H,2-10,15H2,1H3,(H,16,18)/t12-/m0/s1. The fourth-order valence-corrected chi connectivity index (χ4v) is 3.46. The lowest BCUT2D eigenvalue weighted by atomic mass is 9.84. The van der Waals surface area contributed by atoms with Gasteiger partial charge in [-0.05, 0) is 25.7 Å². The Labute approximate surface area is 114 Å². The highest BCUT2D eigenvalue weighted by Crippen LogP contribution is 2.39. The molecule has 1 atom stereocenters. The van der Waals surface area contributed by atoms with Gasteiger partial charge in [-0.15, -0.1) is 0 Å². The first kappa shape index (κ1) is 14.3. The number of hydrogen-bond donors (Lipinski definition) is 2. The monoisotopic (exact) mass is 267 g/mol. The van der Waals surface area contributed by atoms with Crippen LogP contribution in [0.2, 0.25) is 0 Å². The SMILES string of the molecule is CC(=O)N[C@H]1CCCN(C(=O)C2(CN)CCCC2)C1. The van der Waals surface area contributed by atoms with E-state index in [1.54, 1.807) is 0 Å². The van der Waals surface area contributed by atoms with E-state index in [0.29, 0.717) is 13.1 Å². The van der Waals surface area contributed by atoms with Crippen molar-refractivity contribution >= 4 is 11.8 Å². The second-order valence-electron chi connectivity index (χ2n) is 5.98. The highest BCUT2D eigenvalue weighted by Gasteiger charge is 2.43. The van der Waals surface area contributed by atoms with Gasteiger partial charge in [0, 0.05) is 32.6 Å². The number of amides is 2. The van der Waals surface area contributed by atoms with Crippen molar-refractivity contribution in [1.29, 1.82) is 0 Å². The van der Waals surface area contributed by atoms with Crippen LogP contribution in [0.1, 0.15) is 45.4 Å². The van der Waals surface area contributed by atoms with Gasteiger partial charge in [-0.2, -0.15) is 0 Å². The molecule has 1 saturated carbocycles. The van der Waals surface area contributed by atoms with Crippen molar-refractivity contribution in [2.45, 2.75) is 51.5 Å². The van der Waals surface area contributed by atoms with Gasteiger partial charge in [0.05, 0.1) is 5.41 Å². The first-order valence-electron chi connectivity index (χ1n) is 7.34. The molecule has 1 heterocycles. The van der Waals surface area contributed by atoms with Crippen LogP contribution in [-0.4, -0.2) is 42.4 Å². The predicted molar refractivity (Wildman–Crippen MR) is 73.4 cm³/mol. The molecule has 1 saturated heterocycles. The zero-order valence-corrected chi connectivity index (χ0v) is 11.8. The zero-order valence-electron chi connectivity index (χ0n) is 11.8. The Balaban J connectivity index is 2.00. The Morgan fingerprint density at radius 1 is 1.32 bits per heavy atom. The lowest BCUT2D eigenvalue weighted by molar-refractivity contribution is -0.143. The summed E-state index contributed by atoms with van der Waals surface area (Å²) in [5, 5.41) is 2.92. The largest absolute Gasteiger partial charge is 0.352 e. The van der Waals surface area contributed by atoms with Gasteiger partial charge < -0.3 is 16.0 Å². The third-order valence-electron chi connectivity index (χ3n) is 4.52. The molecule has 108 valence electrons. The molecule has 0 aromatic rings.